The number of esters is 2. The van der Waals surface area contributed by atoms with Crippen molar-refractivity contribution >= 4 is 23.7 Å². The van der Waals surface area contributed by atoms with Gasteiger partial charge in [-0.2, -0.15) is 5.26 Å². The van der Waals surface area contributed by atoms with E-state index in [1.54, 1.807) is 6.08 Å². The minimum atomic E-state index is -0.615. The molecule has 0 bridgehead atoms. The number of nitrogens with zero attached hydrogens (tertiary/aromatic N) is 3. The highest BCUT2D eigenvalue weighted by Crippen LogP contribution is 2.17. The number of hydrogen-bond donors (Lipinski definition) is 0. The number of ether oxygens (including phenoxy) is 2. The molecule has 1 aromatic rings. The molecule has 0 aliphatic carbocycles. The van der Waals surface area contributed by atoms with E-state index >= 15 is 0 Å². The fraction of sp³-hybridized carbons (Fsp3) is 0.522. The molecule has 8 heteroatoms. The molecule has 0 aliphatic rings. The van der Waals surface area contributed by atoms with E-state index in [0.29, 0.717) is 24.1 Å². The van der Waals surface area contributed by atoms with Crippen molar-refractivity contribution in [3.05, 3.63) is 35.4 Å². The van der Waals surface area contributed by atoms with Gasteiger partial charge in [0, 0.05) is 32.1 Å². The summed E-state index contributed by atoms with van der Waals surface area (Å²) in [5, 5.41) is 9.33. The number of carbonyl (C=O) groups excluding carboxylic acids is 2. The third-order valence-electron chi connectivity index (χ3n) is 4.82. The van der Waals surface area contributed by atoms with Gasteiger partial charge in [0.25, 0.3) is 0 Å². The molecule has 0 N–H and O–H groups in total. The minimum Gasteiger partial charge on any atom is -1.00 e. The molecule has 0 atom stereocenters. The van der Waals surface area contributed by atoms with Gasteiger partial charge in [-0.05, 0) is 37.6 Å². The van der Waals surface area contributed by atoms with Gasteiger partial charge in [0.15, 0.2) is 0 Å². The Morgan fingerprint density at radius 2 is 1.68 bits per heavy atom. The number of quaternary nitrogens is 1. The Hall–Kier alpha value is -2.56. The van der Waals surface area contributed by atoms with E-state index in [-0.39, 0.29) is 30.6 Å². The van der Waals surface area contributed by atoms with Crippen LogP contribution in [0.25, 0.3) is 6.08 Å². The quantitative estimate of drug-likeness (QED) is 0.146. The van der Waals surface area contributed by atoms with E-state index in [0.717, 1.165) is 30.9 Å². The van der Waals surface area contributed by atoms with Crippen LogP contribution in [-0.4, -0.2) is 69.9 Å². The summed E-state index contributed by atoms with van der Waals surface area (Å²) in [6, 6.07) is 9.67. The summed E-state index contributed by atoms with van der Waals surface area (Å²) in [5.74, 6) is -0.905. The second kappa shape index (κ2) is 14.4. The lowest BCUT2D eigenvalue weighted by atomic mass is 10.1. The molecule has 31 heavy (non-hydrogen) atoms. The summed E-state index contributed by atoms with van der Waals surface area (Å²) in [6.07, 6.45) is 2.20. The van der Waals surface area contributed by atoms with E-state index in [1.165, 1.54) is 6.92 Å². The van der Waals surface area contributed by atoms with Crippen molar-refractivity contribution in [3.63, 3.8) is 0 Å². The fourth-order valence-electron chi connectivity index (χ4n) is 2.96. The van der Waals surface area contributed by atoms with Gasteiger partial charge >= 0.3 is 11.9 Å². The molecule has 0 amide bonds. The van der Waals surface area contributed by atoms with Crippen molar-refractivity contribution in [1.82, 2.24) is 0 Å². The van der Waals surface area contributed by atoms with Gasteiger partial charge in [-0.15, -0.1) is 0 Å². The Balaban J connectivity index is 0.00000900. The molecule has 0 heterocycles. The highest BCUT2D eigenvalue weighted by molar-refractivity contribution is 5.97. The summed E-state index contributed by atoms with van der Waals surface area (Å²) < 4.78 is 10.9. The molecule has 0 unspecified atom stereocenters. The standard InChI is InChI=1S/C23H34N3O4.ClH/c1-6-25(7-2)22-11-9-20(10-12-22)17-21(18-24)23(28)30-15-8-13-26(4,5)14-16-29-19(3)27;/h9-12,17H,6-8,13-16H2,1-5H3;1H/q+1;/p-1. The highest BCUT2D eigenvalue weighted by Gasteiger charge is 2.16. The van der Waals surface area contributed by atoms with Crippen LogP contribution in [0.4, 0.5) is 5.69 Å². The Morgan fingerprint density at radius 3 is 2.19 bits per heavy atom. The van der Waals surface area contributed by atoms with Gasteiger partial charge < -0.3 is 31.3 Å². The summed E-state index contributed by atoms with van der Waals surface area (Å²) in [7, 11) is 4.04. The summed E-state index contributed by atoms with van der Waals surface area (Å²) in [5.41, 5.74) is 1.87. The van der Waals surface area contributed by atoms with Crippen molar-refractivity contribution in [1.29, 1.82) is 5.26 Å². The monoisotopic (exact) mass is 451 g/mol. The Morgan fingerprint density at radius 1 is 1.06 bits per heavy atom. The number of nitriles is 1. The first-order valence-electron chi connectivity index (χ1n) is 10.3. The van der Waals surface area contributed by atoms with Crippen LogP contribution in [0.2, 0.25) is 0 Å². The third-order valence-corrected chi connectivity index (χ3v) is 4.82. The number of anilines is 1. The lowest BCUT2D eigenvalue weighted by Crippen LogP contribution is -3.00. The van der Waals surface area contributed by atoms with Crippen LogP contribution >= 0.6 is 0 Å². The topological polar surface area (TPSA) is 79.6 Å². The number of likely N-dealkylation sites (N-methyl/N-ethyl adjacent to an activating group) is 1. The number of rotatable bonds is 12. The zero-order chi connectivity index (χ0) is 22.6. The summed E-state index contributed by atoms with van der Waals surface area (Å²) >= 11 is 0. The van der Waals surface area contributed by atoms with Crippen LogP contribution < -0.4 is 17.3 Å². The molecule has 0 aromatic heterocycles. The highest BCUT2D eigenvalue weighted by atomic mass is 35.5. The fourth-order valence-corrected chi connectivity index (χ4v) is 2.96. The number of carbonyl (C=O) groups is 2. The maximum Gasteiger partial charge on any atom is 0.348 e. The molecular formula is C23H34ClN3O4. The van der Waals surface area contributed by atoms with Crippen LogP contribution in [0.3, 0.4) is 0 Å². The lowest BCUT2D eigenvalue weighted by molar-refractivity contribution is -0.890. The van der Waals surface area contributed by atoms with Crippen LogP contribution in [-0.2, 0) is 19.1 Å². The number of benzene rings is 1. The molecule has 0 saturated carbocycles. The molecule has 0 fully saturated rings. The summed E-state index contributed by atoms with van der Waals surface area (Å²) in [6.45, 7) is 9.44. The van der Waals surface area contributed by atoms with E-state index in [1.807, 2.05) is 44.4 Å². The van der Waals surface area contributed by atoms with Crippen molar-refractivity contribution in [2.24, 2.45) is 0 Å². The Bertz CT molecular complexity index is 766. The molecule has 0 aliphatic heterocycles. The van der Waals surface area contributed by atoms with Gasteiger partial charge in [0.1, 0.15) is 24.8 Å². The first-order chi connectivity index (χ1) is 14.2. The van der Waals surface area contributed by atoms with Gasteiger partial charge in [0.2, 0.25) is 0 Å². The predicted molar refractivity (Wildman–Crippen MR) is 118 cm³/mol. The first kappa shape index (κ1) is 28.4. The zero-order valence-electron chi connectivity index (χ0n) is 19.2. The van der Waals surface area contributed by atoms with E-state index in [9.17, 15) is 14.9 Å². The molecule has 1 rings (SSSR count). The second-order valence-corrected chi connectivity index (χ2v) is 7.65. The van der Waals surface area contributed by atoms with Crippen molar-refractivity contribution in [2.45, 2.75) is 27.2 Å². The molecule has 1 aromatic carbocycles. The van der Waals surface area contributed by atoms with Gasteiger partial charge in [-0.1, -0.05) is 12.1 Å². The van der Waals surface area contributed by atoms with Crippen LogP contribution in [0.5, 0.6) is 0 Å². The predicted octanol–water partition coefficient (Wildman–Crippen LogP) is 0.0166. The van der Waals surface area contributed by atoms with Gasteiger partial charge in [0.05, 0.1) is 27.2 Å². The molecule has 0 spiro atoms. The number of halogens is 1. The second-order valence-electron chi connectivity index (χ2n) is 7.65. The zero-order valence-corrected chi connectivity index (χ0v) is 19.9. The Labute approximate surface area is 192 Å². The molecule has 172 valence electrons. The third kappa shape index (κ3) is 10.9. The van der Waals surface area contributed by atoms with E-state index < -0.39 is 5.97 Å². The van der Waals surface area contributed by atoms with Crippen LogP contribution in [0, 0.1) is 11.3 Å². The lowest BCUT2D eigenvalue weighted by Gasteiger charge is -2.29. The SMILES string of the molecule is CCN(CC)c1ccc(C=C(C#N)C(=O)OCCC[N+](C)(C)CCOC(C)=O)cc1.[Cl-]. The molecule has 0 saturated heterocycles. The normalized spacial score (nSPS) is 11.2. The van der Waals surface area contributed by atoms with Crippen LogP contribution in [0.15, 0.2) is 29.8 Å². The van der Waals surface area contributed by atoms with E-state index in [2.05, 4.69) is 18.7 Å². The molecule has 7 nitrogen and oxygen atoms in total. The van der Waals surface area contributed by atoms with Gasteiger partial charge in [-0.3, -0.25) is 4.79 Å². The smallest absolute Gasteiger partial charge is 0.348 e. The van der Waals surface area contributed by atoms with Crippen molar-refractivity contribution in [2.75, 3.05) is 58.4 Å². The minimum absolute atomic E-state index is 0. The maximum atomic E-state index is 12.2. The average Bonchev–Trinajstić information content (AvgIpc) is 2.70. The first-order valence-corrected chi connectivity index (χ1v) is 10.3. The van der Waals surface area contributed by atoms with Crippen molar-refractivity contribution in [3.8, 4) is 6.07 Å². The van der Waals surface area contributed by atoms with E-state index in [4.69, 9.17) is 9.47 Å². The van der Waals surface area contributed by atoms with Crippen LogP contribution in [0.1, 0.15) is 32.8 Å². The van der Waals surface area contributed by atoms with Crippen molar-refractivity contribution < 1.29 is 36.0 Å². The molecule has 0 radical (unpaired) electrons. The summed E-state index contributed by atoms with van der Waals surface area (Å²) in [4.78, 5) is 25.3. The largest absolute Gasteiger partial charge is 1.00 e. The Kier molecular flexibility index (Phi) is 13.3. The number of hydrogen-bond acceptors (Lipinski definition) is 6. The molecular weight excluding hydrogens is 418 g/mol. The average molecular weight is 452 g/mol. The maximum absolute atomic E-state index is 12.2. The van der Waals surface area contributed by atoms with Gasteiger partial charge in [-0.25, -0.2) is 4.79 Å².